The Bertz CT molecular complexity index is 594. The Kier molecular flexibility index (Phi) is 7.08. The Labute approximate surface area is 147 Å². The molecule has 23 heavy (non-hydrogen) atoms. The van der Waals surface area contributed by atoms with Gasteiger partial charge >= 0.3 is 0 Å². The predicted octanol–water partition coefficient (Wildman–Crippen LogP) is 2.47. The van der Waals surface area contributed by atoms with Crippen molar-refractivity contribution in [1.29, 1.82) is 0 Å². The normalized spacial score (nSPS) is 20.1. The number of nitrogens with one attached hydrogen (secondary N) is 1. The van der Waals surface area contributed by atoms with Crippen LogP contribution in [0.25, 0.3) is 0 Å². The van der Waals surface area contributed by atoms with E-state index in [1.807, 2.05) is 12.1 Å². The minimum Gasteiger partial charge on any atom is -0.314 e. The van der Waals surface area contributed by atoms with Gasteiger partial charge in [0.1, 0.15) is 0 Å². The lowest BCUT2D eigenvalue weighted by atomic mass is 9.87. The molecule has 1 N–H and O–H groups in total. The lowest BCUT2D eigenvalue weighted by molar-refractivity contribution is 0.184. The van der Waals surface area contributed by atoms with Crippen LogP contribution >= 0.6 is 12.4 Å². The van der Waals surface area contributed by atoms with Gasteiger partial charge in [-0.25, -0.2) is 8.42 Å². The summed E-state index contributed by atoms with van der Waals surface area (Å²) in [5.74, 6) is 0.187. The molecule has 4 nitrogen and oxygen atoms in total. The van der Waals surface area contributed by atoms with Crippen molar-refractivity contribution in [2.24, 2.45) is 0 Å². The summed E-state index contributed by atoms with van der Waals surface area (Å²) >= 11 is 0. The van der Waals surface area contributed by atoms with Crippen LogP contribution in [-0.4, -0.2) is 51.3 Å². The van der Waals surface area contributed by atoms with Crippen molar-refractivity contribution in [2.45, 2.75) is 44.0 Å². The quantitative estimate of drug-likeness (QED) is 0.896. The largest absolute Gasteiger partial charge is 0.314 e. The summed E-state index contributed by atoms with van der Waals surface area (Å²) in [4.78, 5) is 2.68. The SMILES string of the molecule is C[C@H]1CNCCN1CCS(=O)(=O)c1ccc(C(C)(C)C)cc1.Cl. The van der Waals surface area contributed by atoms with E-state index in [4.69, 9.17) is 0 Å². The zero-order valence-electron chi connectivity index (χ0n) is 14.5. The van der Waals surface area contributed by atoms with Crippen molar-refractivity contribution in [2.75, 3.05) is 31.9 Å². The Morgan fingerprint density at radius 3 is 2.35 bits per heavy atom. The second-order valence-electron chi connectivity index (χ2n) is 7.18. The maximum atomic E-state index is 12.5. The molecule has 1 fully saturated rings. The van der Waals surface area contributed by atoms with E-state index in [2.05, 4.69) is 37.9 Å². The molecule has 1 aliphatic heterocycles. The van der Waals surface area contributed by atoms with Crippen LogP contribution in [-0.2, 0) is 15.3 Å². The van der Waals surface area contributed by atoms with Gasteiger partial charge in [-0.05, 0) is 30.0 Å². The molecular weight excluding hydrogens is 332 g/mol. The van der Waals surface area contributed by atoms with Crippen molar-refractivity contribution in [3.05, 3.63) is 29.8 Å². The number of piperazine rings is 1. The number of sulfone groups is 1. The van der Waals surface area contributed by atoms with Gasteiger partial charge in [0.05, 0.1) is 10.6 Å². The van der Waals surface area contributed by atoms with Crippen LogP contribution in [0, 0.1) is 0 Å². The van der Waals surface area contributed by atoms with Gasteiger partial charge in [0.2, 0.25) is 0 Å². The summed E-state index contributed by atoms with van der Waals surface area (Å²) < 4.78 is 25.0. The van der Waals surface area contributed by atoms with E-state index in [0.717, 1.165) is 25.2 Å². The monoisotopic (exact) mass is 360 g/mol. The molecule has 0 bridgehead atoms. The predicted molar refractivity (Wildman–Crippen MR) is 98.3 cm³/mol. The van der Waals surface area contributed by atoms with Crippen molar-refractivity contribution in [3.63, 3.8) is 0 Å². The second-order valence-corrected chi connectivity index (χ2v) is 9.29. The van der Waals surface area contributed by atoms with E-state index in [9.17, 15) is 8.42 Å². The van der Waals surface area contributed by atoms with Gasteiger partial charge in [0.15, 0.2) is 9.84 Å². The van der Waals surface area contributed by atoms with E-state index in [-0.39, 0.29) is 23.6 Å². The van der Waals surface area contributed by atoms with E-state index in [1.165, 1.54) is 0 Å². The van der Waals surface area contributed by atoms with Crippen molar-refractivity contribution in [1.82, 2.24) is 10.2 Å². The Balaban J connectivity index is 0.00000264. The Morgan fingerprint density at radius 1 is 1.22 bits per heavy atom. The minimum atomic E-state index is -3.21. The zero-order chi connectivity index (χ0) is 16.4. The van der Waals surface area contributed by atoms with Gasteiger partial charge in [-0.1, -0.05) is 32.9 Å². The molecule has 1 saturated heterocycles. The molecule has 0 aromatic heterocycles. The highest BCUT2D eigenvalue weighted by atomic mass is 35.5. The molecule has 0 aliphatic carbocycles. The Hall–Kier alpha value is -0.620. The van der Waals surface area contributed by atoms with E-state index in [0.29, 0.717) is 17.5 Å². The van der Waals surface area contributed by atoms with Crippen LogP contribution in [0.15, 0.2) is 29.2 Å². The highest BCUT2D eigenvalue weighted by molar-refractivity contribution is 7.91. The molecule has 1 aromatic rings. The average molecular weight is 361 g/mol. The first-order valence-electron chi connectivity index (χ1n) is 7.98. The van der Waals surface area contributed by atoms with Crippen molar-refractivity contribution < 1.29 is 8.42 Å². The Morgan fingerprint density at radius 2 is 1.83 bits per heavy atom. The summed E-state index contributed by atoms with van der Waals surface area (Å²) in [7, 11) is -3.21. The van der Waals surface area contributed by atoms with Crippen LogP contribution in [0.4, 0.5) is 0 Å². The summed E-state index contributed by atoms with van der Waals surface area (Å²) in [6.45, 7) is 11.9. The first-order chi connectivity index (χ1) is 10.2. The summed E-state index contributed by atoms with van der Waals surface area (Å²) in [6.07, 6.45) is 0. The average Bonchev–Trinajstić information content (AvgIpc) is 2.46. The van der Waals surface area contributed by atoms with Gasteiger partial charge in [0, 0.05) is 32.2 Å². The lowest BCUT2D eigenvalue weighted by Gasteiger charge is -2.33. The fourth-order valence-electron chi connectivity index (χ4n) is 2.73. The first kappa shape index (κ1) is 20.4. The van der Waals surface area contributed by atoms with Gasteiger partial charge in [-0.2, -0.15) is 0 Å². The fourth-order valence-corrected chi connectivity index (χ4v) is 3.99. The van der Waals surface area contributed by atoms with Crippen LogP contribution in [0.2, 0.25) is 0 Å². The molecule has 0 saturated carbocycles. The van der Waals surface area contributed by atoms with E-state index < -0.39 is 9.84 Å². The lowest BCUT2D eigenvalue weighted by Crippen LogP contribution is -2.50. The molecule has 0 amide bonds. The number of hydrogen-bond acceptors (Lipinski definition) is 4. The van der Waals surface area contributed by atoms with Crippen molar-refractivity contribution >= 4 is 22.2 Å². The van der Waals surface area contributed by atoms with Crippen LogP contribution in [0.5, 0.6) is 0 Å². The van der Waals surface area contributed by atoms with E-state index in [1.54, 1.807) is 12.1 Å². The van der Waals surface area contributed by atoms with Gasteiger partial charge in [-0.15, -0.1) is 12.4 Å². The second kappa shape index (κ2) is 7.97. The third kappa shape index (κ3) is 5.45. The summed E-state index contributed by atoms with van der Waals surface area (Å²) in [6, 6.07) is 7.75. The summed E-state index contributed by atoms with van der Waals surface area (Å²) in [5, 5.41) is 3.32. The molecule has 1 aliphatic rings. The molecule has 132 valence electrons. The summed E-state index contributed by atoms with van der Waals surface area (Å²) in [5.41, 5.74) is 1.19. The zero-order valence-corrected chi connectivity index (χ0v) is 16.1. The van der Waals surface area contributed by atoms with Gasteiger partial charge in [0.25, 0.3) is 0 Å². The number of halogens is 1. The smallest absolute Gasteiger partial charge is 0.179 e. The highest BCUT2D eigenvalue weighted by Crippen LogP contribution is 2.23. The molecule has 0 unspecified atom stereocenters. The standard InChI is InChI=1S/C17H28N2O2S.ClH/c1-14-13-18-9-10-19(14)11-12-22(20,21)16-7-5-15(6-8-16)17(2,3)4;/h5-8,14,18H,9-13H2,1-4H3;1H/t14-;/m0./s1. The molecule has 2 rings (SSSR count). The van der Waals surface area contributed by atoms with Crippen LogP contribution in [0.1, 0.15) is 33.3 Å². The molecule has 1 atom stereocenters. The third-order valence-electron chi connectivity index (χ3n) is 4.37. The molecule has 0 radical (unpaired) electrons. The van der Waals surface area contributed by atoms with Crippen LogP contribution in [0.3, 0.4) is 0 Å². The maximum Gasteiger partial charge on any atom is 0.179 e. The van der Waals surface area contributed by atoms with Crippen LogP contribution < -0.4 is 5.32 Å². The fraction of sp³-hybridized carbons (Fsp3) is 0.647. The molecule has 6 heteroatoms. The van der Waals surface area contributed by atoms with Crippen molar-refractivity contribution in [3.8, 4) is 0 Å². The third-order valence-corrected chi connectivity index (χ3v) is 6.08. The van der Waals surface area contributed by atoms with Gasteiger partial charge in [-0.3, -0.25) is 4.90 Å². The van der Waals surface area contributed by atoms with E-state index >= 15 is 0 Å². The number of benzene rings is 1. The number of rotatable bonds is 4. The molecule has 0 spiro atoms. The topological polar surface area (TPSA) is 49.4 Å². The maximum absolute atomic E-state index is 12.5. The number of hydrogen-bond donors (Lipinski definition) is 1. The minimum absolute atomic E-state index is 0. The molecule has 1 heterocycles. The number of nitrogens with zero attached hydrogens (tertiary/aromatic N) is 1. The van der Waals surface area contributed by atoms with Gasteiger partial charge < -0.3 is 5.32 Å². The molecule has 1 aromatic carbocycles. The highest BCUT2D eigenvalue weighted by Gasteiger charge is 2.22. The molecular formula is C17H29ClN2O2S. The first-order valence-corrected chi connectivity index (χ1v) is 9.63.